The summed E-state index contributed by atoms with van der Waals surface area (Å²) in [5, 5.41) is 10.1. The van der Waals surface area contributed by atoms with E-state index in [0.29, 0.717) is 38.4 Å². The van der Waals surface area contributed by atoms with E-state index in [1.54, 1.807) is 25.3 Å². The van der Waals surface area contributed by atoms with Gasteiger partial charge in [0.1, 0.15) is 5.69 Å². The highest BCUT2D eigenvalue weighted by atomic mass is 32.2. The van der Waals surface area contributed by atoms with Crippen LogP contribution < -0.4 is 19.7 Å². The van der Waals surface area contributed by atoms with Gasteiger partial charge in [0.2, 0.25) is 5.95 Å². The molecule has 0 unspecified atom stereocenters. The molecule has 0 radical (unpaired) electrons. The summed E-state index contributed by atoms with van der Waals surface area (Å²) >= 11 is 0. The number of rotatable bonds is 8. The molecule has 0 saturated carbocycles. The van der Waals surface area contributed by atoms with Gasteiger partial charge in [-0.3, -0.25) is 14.4 Å². The van der Waals surface area contributed by atoms with Crippen LogP contribution in [0.4, 0.5) is 15.9 Å². The van der Waals surface area contributed by atoms with Crippen molar-refractivity contribution in [1.82, 2.24) is 30.1 Å². The lowest BCUT2D eigenvalue weighted by molar-refractivity contribution is 0.0957. The smallest absolute Gasteiger partial charge is 0.300 e. The second kappa shape index (κ2) is 9.94. The van der Waals surface area contributed by atoms with Gasteiger partial charge < -0.3 is 10.2 Å². The monoisotopic (exact) mass is 452 g/mol. The number of nitrogens with one attached hydrogen (secondary N) is 3. The summed E-state index contributed by atoms with van der Waals surface area (Å²) in [7, 11) is -2.21. The summed E-state index contributed by atoms with van der Waals surface area (Å²) in [5.41, 5.74) is 1.20. The first-order valence-electron chi connectivity index (χ1n) is 9.76. The number of hydrogen-bond donors (Lipinski definition) is 3. The third-order valence-corrected chi connectivity index (χ3v) is 5.84. The maximum atomic E-state index is 14.4. The Bertz CT molecular complexity index is 1030. The van der Waals surface area contributed by atoms with Gasteiger partial charge in [-0.15, -0.1) is 5.10 Å². The summed E-state index contributed by atoms with van der Waals surface area (Å²) in [6.45, 7) is 4.98. The highest BCUT2D eigenvalue weighted by Gasteiger charge is 2.21. The number of amides is 1. The zero-order valence-electron chi connectivity index (χ0n) is 17.3. The Morgan fingerprint density at radius 1 is 1.23 bits per heavy atom. The normalized spacial score (nSPS) is 15.0. The Morgan fingerprint density at radius 2 is 1.97 bits per heavy atom. The van der Waals surface area contributed by atoms with Crippen LogP contribution in [0, 0.1) is 5.95 Å². The number of anilines is 2. The predicted molar refractivity (Wildman–Crippen MR) is 113 cm³/mol. The van der Waals surface area contributed by atoms with E-state index >= 15 is 0 Å². The number of carbonyl (C=O) groups excluding carboxylic acids is 1. The third-order valence-electron chi connectivity index (χ3n) is 4.69. The van der Waals surface area contributed by atoms with Gasteiger partial charge in [0, 0.05) is 46.3 Å². The van der Waals surface area contributed by atoms with Crippen LogP contribution in [0.2, 0.25) is 0 Å². The molecule has 2 aromatic heterocycles. The van der Waals surface area contributed by atoms with Gasteiger partial charge in [0.05, 0.1) is 11.9 Å². The van der Waals surface area contributed by atoms with E-state index < -0.39 is 22.1 Å². The summed E-state index contributed by atoms with van der Waals surface area (Å²) in [6, 6.07) is 4.70. The number of nitrogens with zero attached hydrogens (tertiary/aromatic N) is 5. The van der Waals surface area contributed by atoms with Crippen LogP contribution in [0.5, 0.6) is 0 Å². The maximum absolute atomic E-state index is 14.4. The van der Waals surface area contributed by atoms with Crippen molar-refractivity contribution in [2.24, 2.45) is 0 Å². The van der Waals surface area contributed by atoms with Gasteiger partial charge in [-0.25, -0.2) is 4.98 Å². The van der Waals surface area contributed by atoms with Crippen LogP contribution >= 0.6 is 0 Å². The molecule has 1 fully saturated rings. The average Bonchev–Trinajstić information content (AvgIpc) is 2.73. The molecule has 1 amide bonds. The van der Waals surface area contributed by atoms with E-state index in [2.05, 4.69) is 34.8 Å². The molecule has 0 aromatic carbocycles. The van der Waals surface area contributed by atoms with E-state index in [-0.39, 0.29) is 18.1 Å². The molecule has 168 valence electrons. The number of pyridine rings is 1. The molecule has 11 nitrogen and oxygen atoms in total. The third kappa shape index (κ3) is 6.06. The number of aromatic nitrogens is 3. The quantitative estimate of drug-likeness (QED) is 0.475. The lowest BCUT2D eigenvalue weighted by Crippen LogP contribution is -2.46. The Morgan fingerprint density at radius 3 is 2.61 bits per heavy atom. The zero-order chi connectivity index (χ0) is 22.4. The van der Waals surface area contributed by atoms with Crippen molar-refractivity contribution in [3.63, 3.8) is 0 Å². The van der Waals surface area contributed by atoms with Crippen LogP contribution in [0.1, 0.15) is 23.0 Å². The first kappa shape index (κ1) is 22.8. The molecule has 3 heterocycles. The minimum Gasteiger partial charge on any atom is -0.365 e. The summed E-state index contributed by atoms with van der Waals surface area (Å²) in [5.74, 6) is -0.972. The maximum Gasteiger partial charge on any atom is 0.300 e. The minimum atomic E-state index is -3.68. The topological polar surface area (TPSA) is 132 Å². The van der Waals surface area contributed by atoms with Crippen molar-refractivity contribution < 1.29 is 17.6 Å². The Hall–Kier alpha value is -2.90. The summed E-state index contributed by atoms with van der Waals surface area (Å²) < 4.78 is 42.7. The Labute approximate surface area is 180 Å². The fraction of sp³-hybridized carbons (Fsp3) is 0.444. The molecule has 1 saturated heterocycles. The van der Waals surface area contributed by atoms with Crippen molar-refractivity contribution in [2.45, 2.75) is 13.5 Å². The van der Waals surface area contributed by atoms with Crippen LogP contribution in [0.3, 0.4) is 0 Å². The standard InChI is InChI=1S/C18H25FN8O3S/c1-3-22-31(29,30)25-16-10-13(11-21-24-16)12-26-6-8-27(9-7-26)15-5-4-14(18(28)20-2)23-17(15)19/h4-5,10-11,22H,3,6-9,12H2,1-2H3,(H,20,28)(H,24,25). The summed E-state index contributed by atoms with van der Waals surface area (Å²) in [4.78, 5) is 19.4. The van der Waals surface area contributed by atoms with Crippen molar-refractivity contribution in [3.8, 4) is 0 Å². The zero-order valence-corrected chi connectivity index (χ0v) is 18.1. The molecule has 0 spiro atoms. The van der Waals surface area contributed by atoms with E-state index in [9.17, 15) is 17.6 Å². The largest absolute Gasteiger partial charge is 0.365 e. The fourth-order valence-corrected chi connectivity index (χ4v) is 4.06. The molecule has 1 aliphatic rings. The van der Waals surface area contributed by atoms with E-state index in [1.807, 2.05) is 4.90 Å². The lowest BCUT2D eigenvalue weighted by atomic mass is 10.2. The van der Waals surface area contributed by atoms with Gasteiger partial charge in [0.15, 0.2) is 5.82 Å². The number of hydrogen-bond acceptors (Lipinski definition) is 8. The fourth-order valence-electron chi connectivity index (χ4n) is 3.23. The second-order valence-electron chi connectivity index (χ2n) is 6.90. The Kier molecular flexibility index (Phi) is 7.30. The number of halogens is 1. The van der Waals surface area contributed by atoms with Crippen LogP contribution in [-0.4, -0.2) is 74.2 Å². The Balaban J connectivity index is 1.58. The molecule has 0 atom stereocenters. The molecule has 0 bridgehead atoms. The summed E-state index contributed by atoms with van der Waals surface area (Å²) in [6.07, 6.45) is 1.58. The first-order valence-corrected chi connectivity index (χ1v) is 11.2. The van der Waals surface area contributed by atoms with Crippen LogP contribution in [0.25, 0.3) is 0 Å². The molecular weight excluding hydrogens is 427 g/mol. The highest BCUT2D eigenvalue weighted by Crippen LogP contribution is 2.21. The number of carbonyl (C=O) groups is 1. The van der Waals surface area contributed by atoms with E-state index in [1.165, 1.54) is 13.1 Å². The van der Waals surface area contributed by atoms with Gasteiger partial charge in [-0.2, -0.15) is 22.6 Å². The first-order chi connectivity index (χ1) is 14.8. The molecular formula is C18H25FN8O3S. The van der Waals surface area contributed by atoms with Gasteiger partial charge in [0.25, 0.3) is 16.1 Å². The molecule has 31 heavy (non-hydrogen) atoms. The minimum absolute atomic E-state index is 0.0353. The van der Waals surface area contributed by atoms with Gasteiger partial charge in [-0.05, 0) is 23.8 Å². The van der Waals surface area contributed by atoms with E-state index in [4.69, 9.17) is 0 Å². The molecule has 3 rings (SSSR count). The van der Waals surface area contributed by atoms with Crippen molar-refractivity contribution in [2.75, 3.05) is 49.4 Å². The van der Waals surface area contributed by atoms with Crippen molar-refractivity contribution in [3.05, 3.63) is 41.6 Å². The SMILES string of the molecule is CCNS(=O)(=O)Nc1cc(CN2CCN(c3ccc(C(=O)NC)nc3F)CC2)cnn1. The molecule has 13 heteroatoms. The highest BCUT2D eigenvalue weighted by molar-refractivity contribution is 7.90. The molecule has 1 aliphatic heterocycles. The average molecular weight is 453 g/mol. The molecule has 3 N–H and O–H groups in total. The van der Waals surface area contributed by atoms with Crippen molar-refractivity contribution in [1.29, 1.82) is 0 Å². The predicted octanol–water partition coefficient (Wildman–Crippen LogP) is -0.0413. The molecule has 0 aliphatic carbocycles. The number of piperazine rings is 1. The van der Waals surface area contributed by atoms with Gasteiger partial charge in [-0.1, -0.05) is 6.92 Å². The van der Waals surface area contributed by atoms with Gasteiger partial charge >= 0.3 is 0 Å². The van der Waals surface area contributed by atoms with Crippen LogP contribution in [0.15, 0.2) is 24.4 Å². The second-order valence-corrected chi connectivity index (χ2v) is 8.40. The van der Waals surface area contributed by atoms with Crippen LogP contribution in [-0.2, 0) is 16.8 Å². The van der Waals surface area contributed by atoms with Crippen molar-refractivity contribution >= 4 is 27.6 Å². The lowest BCUT2D eigenvalue weighted by Gasteiger charge is -2.36. The van der Waals surface area contributed by atoms with E-state index in [0.717, 1.165) is 5.56 Å². The molecule has 2 aromatic rings.